The SMILES string of the molecule is C=CCNc1nnc(SCC(=O)N(CCc2ccccc2)Cc2ccccc2)s1. The van der Waals surface area contributed by atoms with Crippen LogP contribution in [-0.2, 0) is 17.8 Å². The molecule has 0 saturated heterocycles. The zero-order valence-corrected chi connectivity index (χ0v) is 17.8. The molecule has 2 aromatic carbocycles. The molecule has 0 spiro atoms. The standard InChI is InChI=1S/C22H24N4OS2/c1-2-14-23-21-24-25-22(29-21)28-17-20(27)26(16-19-11-7-4-8-12-19)15-13-18-9-5-3-6-10-18/h2-12H,1,13-17H2,(H,23,24). The summed E-state index contributed by atoms with van der Waals surface area (Å²) in [5.74, 6) is 0.447. The third-order valence-corrected chi connectivity index (χ3v) is 6.20. The fourth-order valence-electron chi connectivity index (χ4n) is 2.72. The summed E-state index contributed by atoms with van der Waals surface area (Å²) in [6.07, 6.45) is 2.60. The van der Waals surface area contributed by atoms with E-state index in [1.807, 2.05) is 41.3 Å². The minimum atomic E-state index is 0.102. The summed E-state index contributed by atoms with van der Waals surface area (Å²) < 4.78 is 0.785. The number of carbonyl (C=O) groups excluding carboxylic acids is 1. The molecule has 0 aliphatic rings. The second-order valence-corrected chi connectivity index (χ2v) is 8.57. The smallest absolute Gasteiger partial charge is 0.233 e. The maximum absolute atomic E-state index is 13.0. The Kier molecular flexibility index (Phi) is 8.27. The highest BCUT2D eigenvalue weighted by molar-refractivity contribution is 8.01. The van der Waals surface area contributed by atoms with Crippen LogP contribution in [-0.4, -0.2) is 39.8 Å². The molecule has 29 heavy (non-hydrogen) atoms. The number of hydrogen-bond acceptors (Lipinski definition) is 6. The van der Waals surface area contributed by atoms with Gasteiger partial charge in [-0.15, -0.1) is 16.8 Å². The molecule has 3 rings (SSSR count). The van der Waals surface area contributed by atoms with Gasteiger partial charge in [-0.2, -0.15) is 0 Å². The first-order valence-corrected chi connectivity index (χ1v) is 11.2. The highest BCUT2D eigenvalue weighted by Crippen LogP contribution is 2.25. The average molecular weight is 425 g/mol. The topological polar surface area (TPSA) is 58.1 Å². The highest BCUT2D eigenvalue weighted by atomic mass is 32.2. The fourth-order valence-corrected chi connectivity index (χ4v) is 4.38. The van der Waals surface area contributed by atoms with Crippen LogP contribution in [0.15, 0.2) is 77.7 Å². The number of aromatic nitrogens is 2. The lowest BCUT2D eigenvalue weighted by molar-refractivity contribution is -0.128. The molecule has 7 heteroatoms. The van der Waals surface area contributed by atoms with Gasteiger partial charge in [0, 0.05) is 19.6 Å². The molecule has 0 unspecified atom stereocenters. The minimum Gasteiger partial charge on any atom is -0.357 e. The van der Waals surface area contributed by atoms with E-state index in [0.717, 1.165) is 21.5 Å². The Morgan fingerprint density at radius 2 is 1.76 bits per heavy atom. The molecule has 0 aliphatic carbocycles. The molecule has 150 valence electrons. The summed E-state index contributed by atoms with van der Waals surface area (Å²) in [7, 11) is 0. The van der Waals surface area contributed by atoms with Crippen LogP contribution in [0.4, 0.5) is 5.13 Å². The zero-order chi connectivity index (χ0) is 20.3. The number of hydrogen-bond donors (Lipinski definition) is 1. The molecule has 0 radical (unpaired) electrons. The van der Waals surface area contributed by atoms with Gasteiger partial charge in [0.1, 0.15) is 0 Å². The van der Waals surface area contributed by atoms with E-state index in [2.05, 4.69) is 46.4 Å². The maximum atomic E-state index is 13.0. The van der Waals surface area contributed by atoms with Crippen LogP contribution < -0.4 is 5.32 Å². The van der Waals surface area contributed by atoms with Crippen molar-refractivity contribution >= 4 is 34.1 Å². The van der Waals surface area contributed by atoms with Crippen molar-refractivity contribution < 1.29 is 4.79 Å². The third kappa shape index (κ3) is 7.03. The molecule has 1 amide bonds. The minimum absolute atomic E-state index is 0.102. The van der Waals surface area contributed by atoms with Crippen LogP contribution >= 0.6 is 23.1 Å². The van der Waals surface area contributed by atoms with Gasteiger partial charge < -0.3 is 10.2 Å². The Hall–Kier alpha value is -2.64. The van der Waals surface area contributed by atoms with E-state index >= 15 is 0 Å². The summed E-state index contributed by atoms with van der Waals surface area (Å²) in [5.41, 5.74) is 2.36. The normalized spacial score (nSPS) is 10.5. The summed E-state index contributed by atoms with van der Waals surface area (Å²) in [6, 6.07) is 20.4. The third-order valence-electron chi connectivity index (χ3n) is 4.21. The molecule has 5 nitrogen and oxygen atoms in total. The van der Waals surface area contributed by atoms with Crippen LogP contribution in [0.1, 0.15) is 11.1 Å². The average Bonchev–Trinajstić information content (AvgIpc) is 3.22. The number of anilines is 1. The first-order valence-electron chi connectivity index (χ1n) is 9.41. The number of nitrogens with one attached hydrogen (secondary N) is 1. The molecule has 1 aromatic heterocycles. The molecular weight excluding hydrogens is 400 g/mol. The van der Waals surface area contributed by atoms with E-state index in [0.29, 0.717) is 25.4 Å². The molecule has 0 saturated carbocycles. The number of nitrogens with zero attached hydrogens (tertiary/aromatic N) is 3. The van der Waals surface area contributed by atoms with Crippen molar-refractivity contribution in [3.8, 4) is 0 Å². The van der Waals surface area contributed by atoms with E-state index in [9.17, 15) is 4.79 Å². The van der Waals surface area contributed by atoms with Gasteiger partial charge in [-0.05, 0) is 17.5 Å². The van der Waals surface area contributed by atoms with Crippen molar-refractivity contribution in [1.82, 2.24) is 15.1 Å². The Balaban J connectivity index is 1.59. The van der Waals surface area contributed by atoms with E-state index in [4.69, 9.17) is 0 Å². The monoisotopic (exact) mass is 424 g/mol. The number of benzene rings is 2. The Labute approximate surface area is 179 Å². The van der Waals surface area contributed by atoms with Gasteiger partial charge in [0.15, 0.2) is 4.34 Å². The van der Waals surface area contributed by atoms with Crippen molar-refractivity contribution in [3.63, 3.8) is 0 Å². The van der Waals surface area contributed by atoms with Crippen LogP contribution in [0.2, 0.25) is 0 Å². The predicted molar refractivity (Wildman–Crippen MR) is 121 cm³/mol. The Bertz CT molecular complexity index is 899. The molecule has 0 fully saturated rings. The number of amides is 1. The molecule has 1 heterocycles. The van der Waals surface area contributed by atoms with Crippen LogP contribution in [0.5, 0.6) is 0 Å². The van der Waals surface area contributed by atoms with Crippen LogP contribution in [0, 0.1) is 0 Å². The largest absolute Gasteiger partial charge is 0.357 e. The quantitative estimate of drug-likeness (QED) is 0.363. The summed E-state index contributed by atoms with van der Waals surface area (Å²) in [6.45, 7) is 5.60. The molecule has 1 N–H and O–H groups in total. The second-order valence-electron chi connectivity index (χ2n) is 6.37. The summed E-state index contributed by atoms with van der Waals surface area (Å²) in [5, 5.41) is 12.1. The maximum Gasteiger partial charge on any atom is 0.233 e. The van der Waals surface area contributed by atoms with Crippen molar-refractivity contribution in [2.75, 3.05) is 24.2 Å². The molecule has 0 aliphatic heterocycles. The van der Waals surface area contributed by atoms with Crippen LogP contribution in [0.3, 0.4) is 0 Å². The van der Waals surface area contributed by atoms with Gasteiger partial charge in [-0.3, -0.25) is 4.79 Å². The molecule has 0 atom stereocenters. The van der Waals surface area contributed by atoms with E-state index < -0.39 is 0 Å². The molecule has 0 bridgehead atoms. The van der Waals surface area contributed by atoms with E-state index in [1.165, 1.54) is 28.7 Å². The van der Waals surface area contributed by atoms with E-state index in [1.54, 1.807) is 6.08 Å². The van der Waals surface area contributed by atoms with Crippen molar-refractivity contribution in [1.29, 1.82) is 0 Å². The number of carbonyl (C=O) groups is 1. The zero-order valence-electron chi connectivity index (χ0n) is 16.2. The van der Waals surface area contributed by atoms with Gasteiger partial charge in [-0.1, -0.05) is 89.8 Å². The van der Waals surface area contributed by atoms with Gasteiger partial charge in [0.25, 0.3) is 0 Å². The van der Waals surface area contributed by atoms with Gasteiger partial charge in [-0.25, -0.2) is 0 Å². The first kappa shape index (κ1) is 21.1. The second kappa shape index (κ2) is 11.4. The first-order chi connectivity index (χ1) is 14.2. The van der Waals surface area contributed by atoms with Gasteiger partial charge >= 0.3 is 0 Å². The molecule has 3 aromatic rings. The lowest BCUT2D eigenvalue weighted by Gasteiger charge is -2.23. The summed E-state index contributed by atoms with van der Waals surface area (Å²) >= 11 is 2.88. The summed E-state index contributed by atoms with van der Waals surface area (Å²) in [4.78, 5) is 14.9. The Morgan fingerprint density at radius 1 is 1.07 bits per heavy atom. The Morgan fingerprint density at radius 3 is 2.45 bits per heavy atom. The predicted octanol–water partition coefficient (Wildman–Crippen LogP) is 4.50. The van der Waals surface area contributed by atoms with Crippen molar-refractivity contribution in [2.24, 2.45) is 0 Å². The lowest BCUT2D eigenvalue weighted by atomic mass is 10.1. The van der Waals surface area contributed by atoms with Gasteiger partial charge in [0.2, 0.25) is 11.0 Å². The van der Waals surface area contributed by atoms with Crippen molar-refractivity contribution in [3.05, 3.63) is 84.4 Å². The highest BCUT2D eigenvalue weighted by Gasteiger charge is 2.16. The van der Waals surface area contributed by atoms with E-state index in [-0.39, 0.29) is 5.91 Å². The fraction of sp³-hybridized carbons (Fsp3) is 0.227. The number of rotatable bonds is 11. The lowest BCUT2D eigenvalue weighted by Crippen LogP contribution is -2.33. The van der Waals surface area contributed by atoms with Gasteiger partial charge in [0.05, 0.1) is 5.75 Å². The van der Waals surface area contributed by atoms with Crippen LogP contribution in [0.25, 0.3) is 0 Å². The van der Waals surface area contributed by atoms with Crippen molar-refractivity contribution in [2.45, 2.75) is 17.3 Å². The number of thioether (sulfide) groups is 1. The molecular formula is C22H24N4OS2.